The third-order valence-electron chi connectivity index (χ3n) is 4.52. The molecule has 0 amide bonds. The van der Waals surface area contributed by atoms with Gasteiger partial charge in [0.05, 0.1) is 27.7 Å². The van der Waals surface area contributed by atoms with Crippen molar-refractivity contribution in [3.63, 3.8) is 0 Å². The fraction of sp³-hybridized carbons (Fsp3) is 0.0526. The van der Waals surface area contributed by atoms with Gasteiger partial charge in [-0.1, -0.05) is 0 Å². The zero-order valence-corrected chi connectivity index (χ0v) is 15.8. The summed E-state index contributed by atoms with van der Waals surface area (Å²) in [5, 5.41) is 5.23. The van der Waals surface area contributed by atoms with Crippen molar-refractivity contribution >= 4 is 59.7 Å². The fourth-order valence-corrected chi connectivity index (χ4v) is 5.15. The molecule has 0 aliphatic carbocycles. The molecule has 5 rings (SSSR count). The number of aromatic nitrogens is 2. The van der Waals surface area contributed by atoms with Gasteiger partial charge in [-0.25, -0.2) is 13.4 Å². The standard InChI is InChI=1S/C19H13N3O3S2/c1-25-19-12-5-7-27(23,24)17(12)9-13-14(4-6-20-18(13)19)22-11-2-3-16-15(8-11)21-10-26-16/h2-10H,1H3,(H,20,22). The number of pyridine rings is 1. The Kier molecular flexibility index (Phi) is 3.46. The quantitative estimate of drug-likeness (QED) is 0.555. The maximum atomic E-state index is 12.4. The van der Waals surface area contributed by atoms with E-state index in [1.807, 2.05) is 29.8 Å². The lowest BCUT2D eigenvalue weighted by molar-refractivity contribution is 0.417. The predicted octanol–water partition coefficient (Wildman–Crippen LogP) is 4.35. The number of fused-ring (bicyclic) bond motifs is 3. The summed E-state index contributed by atoms with van der Waals surface area (Å²) < 4.78 is 31.3. The second-order valence-corrected chi connectivity index (χ2v) is 8.77. The zero-order valence-electron chi connectivity index (χ0n) is 14.1. The summed E-state index contributed by atoms with van der Waals surface area (Å²) in [6, 6.07) is 9.40. The first kappa shape index (κ1) is 16.2. The first-order valence-electron chi connectivity index (χ1n) is 8.10. The molecular weight excluding hydrogens is 382 g/mol. The van der Waals surface area contributed by atoms with E-state index in [-0.39, 0.29) is 4.90 Å². The van der Waals surface area contributed by atoms with Gasteiger partial charge in [0.25, 0.3) is 0 Å². The molecule has 8 heteroatoms. The molecule has 0 spiro atoms. The topological polar surface area (TPSA) is 81.2 Å². The highest BCUT2D eigenvalue weighted by atomic mass is 32.2. The van der Waals surface area contributed by atoms with Crippen molar-refractivity contribution in [2.75, 3.05) is 12.4 Å². The Morgan fingerprint density at radius 3 is 2.89 bits per heavy atom. The number of hydrogen-bond donors (Lipinski definition) is 1. The molecule has 1 aliphatic rings. The van der Waals surface area contributed by atoms with Crippen LogP contribution < -0.4 is 10.1 Å². The molecule has 2 aromatic heterocycles. The van der Waals surface area contributed by atoms with Crippen molar-refractivity contribution in [1.82, 2.24) is 9.97 Å². The maximum Gasteiger partial charge on any atom is 0.200 e. The molecule has 0 atom stereocenters. The fourth-order valence-electron chi connectivity index (χ4n) is 3.28. The highest BCUT2D eigenvalue weighted by Crippen LogP contribution is 2.41. The molecule has 4 aromatic rings. The minimum atomic E-state index is -3.47. The number of rotatable bonds is 3. The van der Waals surface area contributed by atoms with Gasteiger partial charge in [0.15, 0.2) is 5.75 Å². The monoisotopic (exact) mass is 395 g/mol. The first-order chi connectivity index (χ1) is 13.1. The first-order valence-corrected chi connectivity index (χ1v) is 10.5. The average Bonchev–Trinajstić information content (AvgIpc) is 3.24. The second-order valence-electron chi connectivity index (χ2n) is 6.08. The molecule has 6 nitrogen and oxygen atoms in total. The van der Waals surface area contributed by atoms with Gasteiger partial charge in [-0.3, -0.25) is 4.98 Å². The van der Waals surface area contributed by atoms with Gasteiger partial charge in [-0.15, -0.1) is 11.3 Å². The Balaban J connectivity index is 1.71. The molecule has 3 heterocycles. The number of anilines is 2. The number of ether oxygens (including phenoxy) is 1. The summed E-state index contributed by atoms with van der Waals surface area (Å²) in [6.45, 7) is 0. The van der Waals surface area contributed by atoms with E-state index < -0.39 is 9.84 Å². The predicted molar refractivity (Wildman–Crippen MR) is 107 cm³/mol. The molecule has 1 N–H and O–H groups in total. The minimum Gasteiger partial charge on any atom is -0.494 e. The lowest BCUT2D eigenvalue weighted by atomic mass is 10.1. The van der Waals surface area contributed by atoms with Crippen LogP contribution in [-0.4, -0.2) is 25.5 Å². The van der Waals surface area contributed by atoms with Crippen molar-refractivity contribution < 1.29 is 13.2 Å². The molecule has 134 valence electrons. The average molecular weight is 395 g/mol. The van der Waals surface area contributed by atoms with Crippen LogP contribution in [-0.2, 0) is 9.84 Å². The zero-order chi connectivity index (χ0) is 18.6. The molecule has 27 heavy (non-hydrogen) atoms. The van der Waals surface area contributed by atoms with Gasteiger partial charge < -0.3 is 10.1 Å². The van der Waals surface area contributed by atoms with Crippen LogP contribution in [0.15, 0.2) is 52.3 Å². The number of benzene rings is 2. The number of methoxy groups -OCH3 is 1. The third-order valence-corrected chi connectivity index (χ3v) is 6.78. The Labute approximate surface area is 159 Å². The van der Waals surface area contributed by atoms with E-state index in [1.165, 1.54) is 12.5 Å². The molecule has 0 bridgehead atoms. The van der Waals surface area contributed by atoms with Gasteiger partial charge in [-0.05, 0) is 36.4 Å². The summed E-state index contributed by atoms with van der Waals surface area (Å²) in [5.74, 6) is 0.457. The van der Waals surface area contributed by atoms with E-state index in [9.17, 15) is 8.42 Å². The molecule has 2 aromatic carbocycles. The van der Waals surface area contributed by atoms with Crippen LogP contribution in [0.3, 0.4) is 0 Å². The van der Waals surface area contributed by atoms with Gasteiger partial charge in [-0.2, -0.15) is 0 Å². The van der Waals surface area contributed by atoms with E-state index in [1.54, 1.807) is 29.7 Å². The Hall–Kier alpha value is -2.97. The highest BCUT2D eigenvalue weighted by Gasteiger charge is 2.27. The summed E-state index contributed by atoms with van der Waals surface area (Å²) in [5.41, 5.74) is 5.48. The molecule has 0 fully saturated rings. The van der Waals surface area contributed by atoms with Crippen LogP contribution in [0.1, 0.15) is 5.56 Å². The third kappa shape index (κ3) is 2.48. The second kappa shape index (κ2) is 5.77. The van der Waals surface area contributed by atoms with Crippen molar-refractivity contribution in [3.8, 4) is 5.75 Å². The summed E-state index contributed by atoms with van der Waals surface area (Å²) in [4.78, 5) is 8.99. The number of hydrogen-bond acceptors (Lipinski definition) is 7. The highest BCUT2D eigenvalue weighted by molar-refractivity contribution is 7.94. The number of sulfone groups is 1. The smallest absolute Gasteiger partial charge is 0.200 e. The number of nitrogens with one attached hydrogen (secondary N) is 1. The van der Waals surface area contributed by atoms with E-state index >= 15 is 0 Å². The molecule has 0 radical (unpaired) electrons. The molecule has 0 unspecified atom stereocenters. The summed E-state index contributed by atoms with van der Waals surface area (Å²) in [7, 11) is -1.95. The maximum absolute atomic E-state index is 12.4. The van der Waals surface area contributed by atoms with Crippen molar-refractivity contribution in [3.05, 3.63) is 53.0 Å². The molecular formula is C19H13N3O3S2. The largest absolute Gasteiger partial charge is 0.494 e. The molecule has 0 saturated carbocycles. The van der Waals surface area contributed by atoms with Gasteiger partial charge >= 0.3 is 0 Å². The lowest BCUT2D eigenvalue weighted by Gasteiger charge is -2.14. The van der Waals surface area contributed by atoms with E-state index in [0.29, 0.717) is 22.2 Å². The van der Waals surface area contributed by atoms with Crippen molar-refractivity contribution in [2.45, 2.75) is 4.90 Å². The van der Waals surface area contributed by atoms with Gasteiger partial charge in [0.1, 0.15) is 5.52 Å². The van der Waals surface area contributed by atoms with E-state index in [4.69, 9.17) is 4.74 Å². The van der Waals surface area contributed by atoms with Crippen LogP contribution >= 0.6 is 11.3 Å². The van der Waals surface area contributed by atoms with Gasteiger partial charge in [0, 0.05) is 33.9 Å². The minimum absolute atomic E-state index is 0.234. The van der Waals surface area contributed by atoms with Gasteiger partial charge in [0.2, 0.25) is 9.84 Å². The Morgan fingerprint density at radius 1 is 1.15 bits per heavy atom. The van der Waals surface area contributed by atoms with Crippen LogP contribution in [0.25, 0.3) is 27.2 Å². The van der Waals surface area contributed by atoms with E-state index in [0.717, 1.165) is 21.6 Å². The van der Waals surface area contributed by atoms with Crippen LogP contribution in [0.2, 0.25) is 0 Å². The lowest BCUT2D eigenvalue weighted by Crippen LogP contribution is -2.00. The number of nitrogens with zero attached hydrogens (tertiary/aromatic N) is 2. The van der Waals surface area contributed by atoms with Crippen LogP contribution in [0.5, 0.6) is 5.75 Å². The normalized spacial score (nSPS) is 14.6. The van der Waals surface area contributed by atoms with Crippen LogP contribution in [0, 0.1) is 0 Å². The Morgan fingerprint density at radius 2 is 2.04 bits per heavy atom. The van der Waals surface area contributed by atoms with Crippen molar-refractivity contribution in [1.29, 1.82) is 0 Å². The van der Waals surface area contributed by atoms with Crippen molar-refractivity contribution in [2.24, 2.45) is 0 Å². The Bertz CT molecular complexity index is 1360. The number of thiazole rings is 1. The SMILES string of the molecule is COc1c2c(cc3c(Nc4ccc5scnc5c4)ccnc13)S(=O)(=O)C=C2. The summed E-state index contributed by atoms with van der Waals surface area (Å²) in [6.07, 6.45) is 3.23. The van der Waals surface area contributed by atoms with Crippen LogP contribution in [0.4, 0.5) is 11.4 Å². The summed E-state index contributed by atoms with van der Waals surface area (Å²) >= 11 is 1.58. The molecule has 0 saturated heterocycles. The van der Waals surface area contributed by atoms with E-state index in [2.05, 4.69) is 15.3 Å². The molecule has 1 aliphatic heterocycles.